The zero-order valence-electron chi connectivity index (χ0n) is 6.20. The maximum absolute atomic E-state index is 10.3. The normalized spacial score (nSPS) is 12.6. The molecule has 0 aliphatic heterocycles. The van der Waals surface area contributed by atoms with Gasteiger partial charge in [0.2, 0.25) is 0 Å². The van der Waals surface area contributed by atoms with Gasteiger partial charge in [0.1, 0.15) is 0 Å². The minimum atomic E-state index is -3.26. The average Bonchev–Trinajstić information content (AvgIpc) is 1.78. The van der Waals surface area contributed by atoms with Crippen LogP contribution in [0.4, 0.5) is 0 Å². The zero-order chi connectivity index (χ0) is 8.04. The summed E-state index contributed by atoms with van der Waals surface area (Å²) in [5, 5.41) is 0. The molecule has 0 spiro atoms. The van der Waals surface area contributed by atoms with Crippen molar-refractivity contribution in [3.05, 3.63) is 12.2 Å². The van der Waals surface area contributed by atoms with Gasteiger partial charge in [0.15, 0.2) is 0 Å². The molecule has 60 valence electrons. The van der Waals surface area contributed by atoms with Crippen LogP contribution >= 0.6 is 0 Å². The predicted octanol–water partition coefficient (Wildman–Crippen LogP) is 0.929. The molecule has 0 aliphatic carbocycles. The highest BCUT2D eigenvalue weighted by molar-refractivity contribution is 7.85. The second-order valence-corrected chi connectivity index (χ2v) is 3.51. The van der Waals surface area contributed by atoms with Crippen LogP contribution < -0.4 is 0 Å². The lowest BCUT2D eigenvalue weighted by molar-refractivity contribution is 0.361. The molecule has 0 aromatic carbocycles. The number of rotatable bonds is 4. The lowest BCUT2D eigenvalue weighted by Gasteiger charge is -1.93. The summed E-state index contributed by atoms with van der Waals surface area (Å²) in [6, 6.07) is 0. The van der Waals surface area contributed by atoms with Gasteiger partial charge in [-0.05, 0) is 6.42 Å². The van der Waals surface area contributed by atoms with E-state index in [-0.39, 0.29) is 6.61 Å². The molecule has 0 saturated heterocycles. The van der Waals surface area contributed by atoms with E-state index in [4.69, 9.17) is 0 Å². The third-order valence-corrected chi connectivity index (χ3v) is 1.34. The van der Waals surface area contributed by atoms with Crippen LogP contribution in [0.2, 0.25) is 0 Å². The fourth-order valence-electron chi connectivity index (χ4n) is 0.398. The molecule has 10 heavy (non-hydrogen) atoms. The first-order chi connectivity index (χ1) is 4.56. The second kappa shape index (κ2) is 4.46. The average molecular weight is 164 g/mol. The van der Waals surface area contributed by atoms with Gasteiger partial charge >= 0.3 is 0 Å². The van der Waals surface area contributed by atoms with Crippen molar-refractivity contribution in [2.45, 2.75) is 13.3 Å². The van der Waals surface area contributed by atoms with Gasteiger partial charge in [-0.2, -0.15) is 8.42 Å². The van der Waals surface area contributed by atoms with E-state index >= 15 is 0 Å². The molecule has 0 unspecified atom stereocenters. The Bertz CT molecular complexity index is 191. The maximum atomic E-state index is 10.3. The van der Waals surface area contributed by atoms with E-state index in [2.05, 4.69) is 4.18 Å². The van der Waals surface area contributed by atoms with Crippen LogP contribution in [0.3, 0.4) is 0 Å². The molecule has 3 nitrogen and oxygen atoms in total. The molecule has 0 amide bonds. The molecular weight excluding hydrogens is 152 g/mol. The van der Waals surface area contributed by atoms with Crippen molar-refractivity contribution < 1.29 is 12.6 Å². The van der Waals surface area contributed by atoms with Crippen molar-refractivity contribution >= 4 is 10.1 Å². The fraction of sp³-hybridized carbons (Fsp3) is 0.667. The van der Waals surface area contributed by atoms with Gasteiger partial charge < -0.3 is 0 Å². The first kappa shape index (κ1) is 9.65. The Hall–Kier alpha value is -0.350. The van der Waals surface area contributed by atoms with Gasteiger partial charge in [-0.3, -0.25) is 4.18 Å². The van der Waals surface area contributed by atoms with E-state index in [0.717, 1.165) is 12.7 Å². The minimum Gasteiger partial charge on any atom is -0.266 e. The van der Waals surface area contributed by atoms with Gasteiger partial charge in [-0.15, -0.1) is 0 Å². The molecule has 0 rings (SSSR count). The number of allylic oxidation sites excluding steroid dienone is 1. The highest BCUT2D eigenvalue weighted by atomic mass is 32.2. The summed E-state index contributed by atoms with van der Waals surface area (Å²) in [5.41, 5.74) is 0. The van der Waals surface area contributed by atoms with Crippen molar-refractivity contribution in [3.8, 4) is 0 Å². The van der Waals surface area contributed by atoms with Gasteiger partial charge in [-0.1, -0.05) is 19.1 Å². The van der Waals surface area contributed by atoms with E-state index in [1.807, 2.05) is 13.0 Å². The van der Waals surface area contributed by atoms with Gasteiger partial charge in [0.05, 0.1) is 12.9 Å². The largest absolute Gasteiger partial charge is 0.266 e. The lowest BCUT2D eigenvalue weighted by Crippen LogP contribution is -2.01. The Morgan fingerprint density at radius 1 is 1.40 bits per heavy atom. The number of hydrogen-bond donors (Lipinski definition) is 0. The first-order valence-corrected chi connectivity index (χ1v) is 4.87. The standard InChI is InChI=1S/C6H12O3S/c1-3-4-5-6-9-10(2,7)8/h4-5H,3,6H2,1-2H3. The van der Waals surface area contributed by atoms with Crippen molar-refractivity contribution in [1.29, 1.82) is 0 Å². The Morgan fingerprint density at radius 2 is 2.00 bits per heavy atom. The van der Waals surface area contributed by atoms with E-state index in [1.54, 1.807) is 6.08 Å². The number of hydrogen-bond acceptors (Lipinski definition) is 3. The van der Waals surface area contributed by atoms with E-state index in [1.165, 1.54) is 0 Å². The molecule has 0 radical (unpaired) electrons. The Balaban J connectivity index is 3.48. The summed E-state index contributed by atoms with van der Waals surface area (Å²) in [4.78, 5) is 0. The first-order valence-electron chi connectivity index (χ1n) is 3.05. The summed E-state index contributed by atoms with van der Waals surface area (Å²) in [7, 11) is -3.26. The summed E-state index contributed by atoms with van der Waals surface area (Å²) < 4.78 is 25.1. The van der Waals surface area contributed by atoms with E-state index in [9.17, 15) is 8.42 Å². The van der Waals surface area contributed by atoms with Crippen molar-refractivity contribution in [3.63, 3.8) is 0 Å². The van der Waals surface area contributed by atoms with Crippen LogP contribution in [0.25, 0.3) is 0 Å². The molecule has 0 aromatic heterocycles. The highest BCUT2D eigenvalue weighted by Crippen LogP contribution is 1.87. The van der Waals surface area contributed by atoms with Crippen molar-refractivity contribution in [1.82, 2.24) is 0 Å². The maximum Gasteiger partial charge on any atom is 0.264 e. The molecular formula is C6H12O3S. The highest BCUT2D eigenvalue weighted by Gasteiger charge is 1.96. The van der Waals surface area contributed by atoms with E-state index in [0.29, 0.717) is 0 Å². The summed E-state index contributed by atoms with van der Waals surface area (Å²) >= 11 is 0. The van der Waals surface area contributed by atoms with Crippen LogP contribution in [-0.4, -0.2) is 21.3 Å². The molecule has 0 atom stereocenters. The van der Waals surface area contributed by atoms with Crippen LogP contribution in [-0.2, 0) is 14.3 Å². The molecule has 0 N–H and O–H groups in total. The Morgan fingerprint density at radius 3 is 2.40 bits per heavy atom. The molecule has 0 aromatic rings. The smallest absolute Gasteiger partial charge is 0.264 e. The van der Waals surface area contributed by atoms with Crippen molar-refractivity contribution in [2.24, 2.45) is 0 Å². The SMILES string of the molecule is CCC=CCOS(C)(=O)=O. The third-order valence-electron chi connectivity index (χ3n) is 0.781. The van der Waals surface area contributed by atoms with Gasteiger partial charge in [0, 0.05) is 0 Å². The van der Waals surface area contributed by atoms with E-state index < -0.39 is 10.1 Å². The van der Waals surface area contributed by atoms with Crippen LogP contribution in [0.5, 0.6) is 0 Å². The molecule has 0 bridgehead atoms. The molecule has 0 aliphatic rings. The summed E-state index contributed by atoms with van der Waals surface area (Å²) in [6.45, 7) is 2.11. The van der Waals surface area contributed by atoms with Crippen LogP contribution in [0.1, 0.15) is 13.3 Å². The Kier molecular flexibility index (Phi) is 4.31. The molecule has 4 heteroatoms. The quantitative estimate of drug-likeness (QED) is 0.458. The van der Waals surface area contributed by atoms with Crippen molar-refractivity contribution in [2.75, 3.05) is 12.9 Å². The van der Waals surface area contributed by atoms with Gasteiger partial charge in [-0.25, -0.2) is 0 Å². The zero-order valence-corrected chi connectivity index (χ0v) is 7.02. The summed E-state index contributed by atoms with van der Waals surface area (Å²) in [6.07, 6.45) is 5.46. The lowest BCUT2D eigenvalue weighted by atomic mass is 10.4. The van der Waals surface area contributed by atoms with Gasteiger partial charge in [0.25, 0.3) is 10.1 Å². The predicted molar refractivity (Wildman–Crippen MR) is 40.2 cm³/mol. The fourth-order valence-corrected chi connectivity index (χ4v) is 0.723. The van der Waals surface area contributed by atoms with Crippen LogP contribution in [0.15, 0.2) is 12.2 Å². The Labute approximate surface area is 61.8 Å². The monoisotopic (exact) mass is 164 g/mol. The third kappa shape index (κ3) is 7.65. The van der Waals surface area contributed by atoms with Crippen LogP contribution in [0, 0.1) is 0 Å². The molecule has 0 fully saturated rings. The second-order valence-electron chi connectivity index (χ2n) is 1.87. The summed E-state index contributed by atoms with van der Waals surface area (Å²) in [5.74, 6) is 0. The molecule has 0 heterocycles. The topological polar surface area (TPSA) is 43.4 Å². The molecule has 0 saturated carbocycles. The minimum absolute atomic E-state index is 0.146.